The minimum absolute atomic E-state index is 0. The number of rotatable bonds is 6. The number of hydrogen-bond acceptors (Lipinski definition) is 4. The number of carbonyl (C=O) groups is 1. The molecule has 1 aromatic heterocycles. The highest BCUT2D eigenvalue weighted by Crippen LogP contribution is 2.29. The lowest BCUT2D eigenvalue weighted by Gasteiger charge is -2.11. The highest BCUT2D eigenvalue weighted by Gasteiger charge is 2.33. The molecule has 0 atom stereocenters. The Balaban J connectivity index is 0.00000392. The number of anilines is 1. The number of guanidine groups is 1. The van der Waals surface area contributed by atoms with Crippen molar-refractivity contribution in [3.05, 3.63) is 46.2 Å². The van der Waals surface area contributed by atoms with Gasteiger partial charge in [0.1, 0.15) is 5.82 Å². The third kappa shape index (κ3) is 7.96. The van der Waals surface area contributed by atoms with E-state index in [1.54, 1.807) is 0 Å². The standard InChI is InChI=1S/C16H17F4N5OS.HI/c1-21-15(22-7-6-14-25-12(9-27-14)16(18,19)20)23-8-13(26)24-11-4-2-10(17)3-5-11;/h2-5,9H,6-8H2,1H3,(H,24,26)(H2,21,22,23);1H. The smallest absolute Gasteiger partial charge is 0.356 e. The van der Waals surface area contributed by atoms with E-state index in [-0.39, 0.29) is 42.8 Å². The van der Waals surface area contributed by atoms with Crippen LogP contribution < -0.4 is 16.0 Å². The van der Waals surface area contributed by atoms with Crippen molar-refractivity contribution < 1.29 is 22.4 Å². The first kappa shape index (κ1) is 24.1. The van der Waals surface area contributed by atoms with Gasteiger partial charge in [-0.15, -0.1) is 35.3 Å². The molecule has 3 N–H and O–H groups in total. The quantitative estimate of drug-likeness (QED) is 0.232. The second-order valence-corrected chi connectivity index (χ2v) is 6.22. The maximum atomic E-state index is 12.8. The molecule has 0 radical (unpaired) electrons. The minimum Gasteiger partial charge on any atom is -0.356 e. The Kier molecular flexibility index (Phi) is 9.58. The number of aliphatic imine (C=N–C) groups is 1. The molecule has 6 nitrogen and oxygen atoms in total. The van der Waals surface area contributed by atoms with Crippen LogP contribution in [0, 0.1) is 5.82 Å². The van der Waals surface area contributed by atoms with Gasteiger partial charge < -0.3 is 16.0 Å². The molecule has 0 saturated heterocycles. The summed E-state index contributed by atoms with van der Waals surface area (Å²) in [7, 11) is 1.50. The van der Waals surface area contributed by atoms with E-state index in [1.807, 2.05) is 0 Å². The van der Waals surface area contributed by atoms with Crippen molar-refractivity contribution in [3.63, 3.8) is 0 Å². The first-order chi connectivity index (χ1) is 12.8. The van der Waals surface area contributed by atoms with Crippen molar-refractivity contribution in [3.8, 4) is 0 Å². The van der Waals surface area contributed by atoms with E-state index in [4.69, 9.17) is 0 Å². The second kappa shape index (κ2) is 11.1. The van der Waals surface area contributed by atoms with Gasteiger partial charge in [0.05, 0.1) is 11.6 Å². The molecule has 0 spiro atoms. The van der Waals surface area contributed by atoms with Crippen LogP contribution in [-0.2, 0) is 17.4 Å². The maximum Gasteiger partial charge on any atom is 0.434 e. The monoisotopic (exact) mass is 531 g/mol. The summed E-state index contributed by atoms with van der Waals surface area (Å²) in [5.41, 5.74) is -0.446. The Morgan fingerprint density at radius 2 is 1.89 bits per heavy atom. The van der Waals surface area contributed by atoms with Crippen molar-refractivity contribution in [1.29, 1.82) is 0 Å². The third-order valence-electron chi connectivity index (χ3n) is 3.24. The van der Waals surface area contributed by atoms with Crippen molar-refractivity contribution >= 4 is 52.9 Å². The van der Waals surface area contributed by atoms with Crippen LogP contribution in [0.2, 0.25) is 0 Å². The first-order valence-electron chi connectivity index (χ1n) is 7.79. The number of carbonyl (C=O) groups excluding carboxylic acids is 1. The predicted octanol–water partition coefficient (Wildman–Crippen LogP) is 3.27. The van der Waals surface area contributed by atoms with Crippen LogP contribution >= 0.6 is 35.3 Å². The molecule has 1 amide bonds. The summed E-state index contributed by atoms with van der Waals surface area (Å²) in [6.45, 7) is 0.205. The van der Waals surface area contributed by atoms with Crippen molar-refractivity contribution in [2.24, 2.45) is 4.99 Å². The number of alkyl halides is 3. The number of aromatic nitrogens is 1. The Morgan fingerprint density at radius 3 is 2.46 bits per heavy atom. The lowest BCUT2D eigenvalue weighted by atomic mass is 10.3. The Bertz CT molecular complexity index is 795. The zero-order valence-corrected chi connectivity index (χ0v) is 17.8. The minimum atomic E-state index is -4.45. The lowest BCUT2D eigenvalue weighted by Crippen LogP contribution is -2.42. The van der Waals surface area contributed by atoms with Crippen LogP contribution in [0.25, 0.3) is 0 Å². The van der Waals surface area contributed by atoms with Crippen LogP contribution in [0.5, 0.6) is 0 Å². The van der Waals surface area contributed by atoms with Gasteiger partial charge in [-0.25, -0.2) is 9.37 Å². The molecule has 1 aromatic carbocycles. The number of amides is 1. The molecule has 0 aliphatic carbocycles. The summed E-state index contributed by atoms with van der Waals surface area (Å²) in [5, 5.41) is 9.56. The molecule has 28 heavy (non-hydrogen) atoms. The van der Waals surface area contributed by atoms with E-state index < -0.39 is 17.7 Å². The van der Waals surface area contributed by atoms with E-state index in [2.05, 4.69) is 25.9 Å². The Labute approximate surface area is 179 Å². The van der Waals surface area contributed by atoms with Gasteiger partial charge in [-0.3, -0.25) is 9.79 Å². The SMILES string of the molecule is CN=C(NCCc1nc(C(F)(F)F)cs1)NCC(=O)Nc1ccc(F)cc1.I. The van der Waals surface area contributed by atoms with Crippen molar-refractivity contribution in [1.82, 2.24) is 15.6 Å². The largest absolute Gasteiger partial charge is 0.434 e. The van der Waals surface area contributed by atoms with E-state index in [0.29, 0.717) is 23.2 Å². The van der Waals surface area contributed by atoms with Crippen LogP contribution in [-0.4, -0.2) is 37.0 Å². The van der Waals surface area contributed by atoms with Crippen LogP contribution in [0.1, 0.15) is 10.7 Å². The van der Waals surface area contributed by atoms with Gasteiger partial charge in [0.2, 0.25) is 5.91 Å². The second-order valence-electron chi connectivity index (χ2n) is 5.28. The van der Waals surface area contributed by atoms with Crippen molar-refractivity contribution in [2.45, 2.75) is 12.6 Å². The summed E-state index contributed by atoms with van der Waals surface area (Å²) in [6, 6.07) is 5.33. The third-order valence-corrected chi connectivity index (χ3v) is 4.15. The molecule has 2 rings (SSSR count). The molecule has 2 aromatic rings. The normalized spacial score (nSPS) is 11.5. The molecular weight excluding hydrogens is 513 g/mol. The predicted molar refractivity (Wildman–Crippen MR) is 111 cm³/mol. The van der Waals surface area contributed by atoms with E-state index >= 15 is 0 Å². The first-order valence-corrected chi connectivity index (χ1v) is 8.67. The number of benzene rings is 1. The number of thiazole rings is 1. The van der Waals surface area contributed by atoms with Gasteiger partial charge in [0.25, 0.3) is 0 Å². The molecule has 1 heterocycles. The Morgan fingerprint density at radius 1 is 1.21 bits per heavy atom. The average molecular weight is 531 g/mol. The van der Waals surface area contributed by atoms with Crippen LogP contribution in [0.4, 0.5) is 23.2 Å². The molecule has 154 valence electrons. The lowest BCUT2D eigenvalue weighted by molar-refractivity contribution is -0.140. The van der Waals surface area contributed by atoms with E-state index in [9.17, 15) is 22.4 Å². The molecule has 0 bridgehead atoms. The molecule has 0 aliphatic heterocycles. The van der Waals surface area contributed by atoms with Gasteiger partial charge in [-0.1, -0.05) is 0 Å². The fourth-order valence-electron chi connectivity index (χ4n) is 1.97. The molecule has 0 unspecified atom stereocenters. The van der Waals surface area contributed by atoms with Gasteiger partial charge in [-0.2, -0.15) is 13.2 Å². The molecule has 0 fully saturated rings. The van der Waals surface area contributed by atoms with Gasteiger partial charge in [-0.05, 0) is 24.3 Å². The molecule has 0 aliphatic rings. The van der Waals surface area contributed by atoms with E-state index in [0.717, 1.165) is 16.7 Å². The number of halogens is 5. The van der Waals surface area contributed by atoms with Crippen LogP contribution in [0.15, 0.2) is 34.6 Å². The molecule has 0 saturated carbocycles. The number of nitrogens with one attached hydrogen (secondary N) is 3. The summed E-state index contributed by atoms with van der Waals surface area (Å²) < 4.78 is 50.3. The van der Waals surface area contributed by atoms with E-state index in [1.165, 1.54) is 31.3 Å². The Hall–Kier alpha value is -1.96. The topological polar surface area (TPSA) is 78.4 Å². The summed E-state index contributed by atoms with van der Waals surface area (Å²) in [6.07, 6.45) is -4.17. The summed E-state index contributed by atoms with van der Waals surface area (Å²) in [5.74, 6) is -0.450. The van der Waals surface area contributed by atoms with Crippen LogP contribution in [0.3, 0.4) is 0 Å². The number of nitrogens with zero attached hydrogens (tertiary/aromatic N) is 2. The van der Waals surface area contributed by atoms with Gasteiger partial charge in [0.15, 0.2) is 11.7 Å². The highest BCUT2D eigenvalue weighted by molar-refractivity contribution is 14.0. The van der Waals surface area contributed by atoms with Gasteiger partial charge in [0, 0.05) is 31.1 Å². The van der Waals surface area contributed by atoms with Crippen molar-refractivity contribution in [2.75, 3.05) is 25.5 Å². The fourth-order valence-corrected chi connectivity index (χ4v) is 2.77. The number of hydrogen-bond donors (Lipinski definition) is 3. The summed E-state index contributed by atoms with van der Waals surface area (Å²) >= 11 is 0.934. The highest BCUT2D eigenvalue weighted by atomic mass is 127. The zero-order valence-electron chi connectivity index (χ0n) is 14.6. The molecular formula is C16H18F4IN5OS. The van der Waals surface area contributed by atoms with Gasteiger partial charge >= 0.3 is 6.18 Å². The zero-order chi connectivity index (χ0) is 19.9. The average Bonchev–Trinajstić information content (AvgIpc) is 3.09. The summed E-state index contributed by atoms with van der Waals surface area (Å²) in [4.78, 5) is 19.3. The molecule has 12 heteroatoms. The maximum absolute atomic E-state index is 12.8. The fraction of sp³-hybridized carbons (Fsp3) is 0.312.